The van der Waals surface area contributed by atoms with E-state index in [2.05, 4.69) is 4.90 Å². The normalized spacial score (nSPS) is 14.6. The van der Waals surface area contributed by atoms with Crippen molar-refractivity contribution in [3.63, 3.8) is 0 Å². The first kappa shape index (κ1) is 27.6. The van der Waals surface area contributed by atoms with Crippen molar-refractivity contribution in [1.29, 1.82) is 0 Å². The Morgan fingerprint density at radius 1 is 1.14 bits per heavy atom. The summed E-state index contributed by atoms with van der Waals surface area (Å²) in [7, 11) is -0.446. The third-order valence-electron chi connectivity index (χ3n) is 6.16. The Labute approximate surface area is 225 Å². The van der Waals surface area contributed by atoms with Gasteiger partial charge in [-0.15, -0.1) is 0 Å². The number of carbonyl (C=O) groups excluding carboxylic acids is 1. The van der Waals surface area contributed by atoms with E-state index >= 15 is 0 Å². The van der Waals surface area contributed by atoms with Crippen molar-refractivity contribution in [3.8, 4) is 11.5 Å². The summed E-state index contributed by atoms with van der Waals surface area (Å²) >= 11 is 7.73. The van der Waals surface area contributed by atoms with E-state index in [1.807, 2.05) is 0 Å². The lowest BCUT2D eigenvalue weighted by Gasteiger charge is -2.29. The molecular formula is C25H30ClN3O6S2. The van der Waals surface area contributed by atoms with Crippen LogP contribution in [0.25, 0.3) is 10.2 Å². The molecule has 0 unspecified atom stereocenters. The number of carbonyl (C=O) groups is 1. The van der Waals surface area contributed by atoms with Gasteiger partial charge in [0.25, 0.3) is 0 Å². The van der Waals surface area contributed by atoms with Gasteiger partial charge in [-0.3, -0.25) is 14.6 Å². The Morgan fingerprint density at radius 2 is 1.86 bits per heavy atom. The molecule has 0 bridgehead atoms. The highest BCUT2D eigenvalue weighted by molar-refractivity contribution is 7.91. The third-order valence-corrected chi connectivity index (χ3v) is 9.52. The van der Waals surface area contributed by atoms with Gasteiger partial charge >= 0.3 is 0 Å². The maximum atomic E-state index is 13.4. The molecule has 1 amide bonds. The molecule has 9 nitrogen and oxygen atoms in total. The second-order valence-corrected chi connectivity index (χ2v) is 12.0. The molecule has 200 valence electrons. The highest BCUT2D eigenvalue weighted by atomic mass is 35.5. The fraction of sp³-hybridized carbons (Fsp3) is 0.440. The number of anilines is 1. The van der Waals surface area contributed by atoms with Gasteiger partial charge in [-0.05, 0) is 42.8 Å². The van der Waals surface area contributed by atoms with Crippen LogP contribution in [0.2, 0.25) is 5.02 Å². The number of nitrogens with zero attached hydrogens (tertiary/aromatic N) is 3. The van der Waals surface area contributed by atoms with E-state index in [9.17, 15) is 13.2 Å². The standard InChI is InChI=1S/C25H30ClN3O6S2/c1-33-18-5-7-19(8-6-18)37(31,32)17-3-4-22(30)29(12-11-28-13-15-35-16-14-28)25-27-23-21(34-2)10-9-20(26)24(23)36-25/h5-10H,3-4,11-17H2,1-2H3. The number of hydrogen-bond acceptors (Lipinski definition) is 9. The zero-order chi connectivity index (χ0) is 26.4. The number of rotatable bonds is 11. The fourth-order valence-electron chi connectivity index (χ4n) is 4.06. The maximum absolute atomic E-state index is 13.4. The largest absolute Gasteiger partial charge is 0.497 e. The van der Waals surface area contributed by atoms with Gasteiger partial charge in [0.1, 0.15) is 17.0 Å². The molecule has 12 heteroatoms. The summed E-state index contributed by atoms with van der Waals surface area (Å²) < 4.78 is 42.3. The van der Waals surface area contributed by atoms with Gasteiger partial charge in [-0.25, -0.2) is 13.4 Å². The van der Waals surface area contributed by atoms with E-state index in [1.165, 1.54) is 30.6 Å². The summed E-state index contributed by atoms with van der Waals surface area (Å²) in [6.07, 6.45) is 0.259. The summed E-state index contributed by atoms with van der Waals surface area (Å²) in [5.74, 6) is 0.833. The first-order valence-electron chi connectivity index (χ1n) is 11.9. The minimum Gasteiger partial charge on any atom is -0.497 e. The molecule has 0 aliphatic carbocycles. The highest BCUT2D eigenvalue weighted by Gasteiger charge is 2.24. The van der Waals surface area contributed by atoms with Crippen molar-refractivity contribution in [1.82, 2.24) is 9.88 Å². The lowest BCUT2D eigenvalue weighted by Crippen LogP contribution is -2.43. The molecule has 1 aliphatic rings. The molecule has 0 atom stereocenters. The number of sulfone groups is 1. The number of thiazole rings is 1. The lowest BCUT2D eigenvalue weighted by molar-refractivity contribution is -0.118. The number of aromatic nitrogens is 1. The minimum atomic E-state index is -3.53. The predicted octanol–water partition coefficient (Wildman–Crippen LogP) is 3.89. The van der Waals surface area contributed by atoms with Gasteiger partial charge in [0.15, 0.2) is 15.0 Å². The van der Waals surface area contributed by atoms with Crippen molar-refractivity contribution >= 4 is 54.0 Å². The number of fused-ring (bicyclic) bond motifs is 1. The minimum absolute atomic E-state index is 0.0687. The molecular weight excluding hydrogens is 538 g/mol. The summed E-state index contributed by atoms with van der Waals surface area (Å²) in [4.78, 5) is 22.2. The van der Waals surface area contributed by atoms with Crippen molar-refractivity contribution in [2.75, 3.05) is 64.3 Å². The zero-order valence-corrected chi connectivity index (χ0v) is 23.2. The Balaban J connectivity index is 1.49. The molecule has 3 aromatic rings. The van der Waals surface area contributed by atoms with Crippen LogP contribution in [0.4, 0.5) is 5.13 Å². The Bertz CT molecular complexity index is 1320. The van der Waals surface area contributed by atoms with Crippen LogP contribution in [-0.2, 0) is 19.4 Å². The third kappa shape index (κ3) is 6.71. The van der Waals surface area contributed by atoms with E-state index in [0.717, 1.165) is 17.8 Å². The number of amides is 1. The lowest BCUT2D eigenvalue weighted by atomic mass is 10.3. The SMILES string of the molecule is COc1ccc(S(=O)(=O)CCCC(=O)N(CCN2CCOCC2)c2nc3c(OC)ccc(Cl)c3s2)cc1. The highest BCUT2D eigenvalue weighted by Crippen LogP contribution is 2.39. The van der Waals surface area contributed by atoms with Crippen molar-refractivity contribution in [2.45, 2.75) is 17.7 Å². The van der Waals surface area contributed by atoms with Crippen LogP contribution in [0.1, 0.15) is 12.8 Å². The molecule has 37 heavy (non-hydrogen) atoms. The average molecular weight is 568 g/mol. The van der Waals surface area contributed by atoms with Gasteiger partial charge in [0.05, 0.1) is 47.8 Å². The zero-order valence-electron chi connectivity index (χ0n) is 20.8. The Hall–Kier alpha value is -2.44. The van der Waals surface area contributed by atoms with Gasteiger partial charge in [-0.1, -0.05) is 22.9 Å². The number of halogens is 1. The first-order valence-corrected chi connectivity index (χ1v) is 14.8. The van der Waals surface area contributed by atoms with E-state index in [0.29, 0.717) is 53.5 Å². The predicted molar refractivity (Wildman–Crippen MR) is 145 cm³/mol. The molecule has 0 spiro atoms. The molecule has 2 aromatic carbocycles. The van der Waals surface area contributed by atoms with E-state index in [-0.39, 0.29) is 29.4 Å². The molecule has 1 aromatic heterocycles. The molecule has 2 heterocycles. The number of morpholine rings is 1. The first-order chi connectivity index (χ1) is 17.8. The van der Waals surface area contributed by atoms with Gasteiger partial charge < -0.3 is 14.2 Å². The Kier molecular flexibility index (Phi) is 9.25. The number of benzene rings is 2. The van der Waals surface area contributed by atoms with Crippen molar-refractivity contribution in [2.24, 2.45) is 0 Å². The van der Waals surface area contributed by atoms with Gasteiger partial charge in [0.2, 0.25) is 5.91 Å². The maximum Gasteiger partial charge on any atom is 0.228 e. The van der Waals surface area contributed by atoms with Gasteiger partial charge in [0, 0.05) is 32.6 Å². The number of hydrogen-bond donors (Lipinski definition) is 0. The monoisotopic (exact) mass is 567 g/mol. The molecule has 0 radical (unpaired) electrons. The molecule has 1 fully saturated rings. The fourth-order valence-corrected chi connectivity index (χ4v) is 6.67. The van der Waals surface area contributed by atoms with Crippen molar-refractivity contribution < 1.29 is 27.4 Å². The van der Waals surface area contributed by atoms with E-state index in [1.54, 1.807) is 36.3 Å². The smallest absolute Gasteiger partial charge is 0.228 e. The summed E-state index contributed by atoms with van der Waals surface area (Å²) in [6.45, 7) is 3.98. The number of methoxy groups -OCH3 is 2. The average Bonchev–Trinajstić information content (AvgIpc) is 3.35. The van der Waals surface area contributed by atoms with E-state index < -0.39 is 9.84 Å². The number of ether oxygens (including phenoxy) is 3. The second-order valence-electron chi connectivity index (χ2n) is 8.52. The summed E-state index contributed by atoms with van der Waals surface area (Å²) in [5, 5.41) is 1.04. The van der Waals surface area contributed by atoms with Crippen LogP contribution in [0, 0.1) is 0 Å². The van der Waals surface area contributed by atoms with Crippen LogP contribution in [0.15, 0.2) is 41.3 Å². The van der Waals surface area contributed by atoms with E-state index in [4.69, 9.17) is 30.8 Å². The Morgan fingerprint density at radius 3 is 2.54 bits per heavy atom. The van der Waals surface area contributed by atoms with Crippen LogP contribution in [-0.4, -0.2) is 83.6 Å². The molecule has 1 aliphatic heterocycles. The van der Waals surface area contributed by atoms with Crippen LogP contribution in [0.3, 0.4) is 0 Å². The van der Waals surface area contributed by atoms with Gasteiger partial charge in [-0.2, -0.15) is 0 Å². The quantitative estimate of drug-likeness (QED) is 0.344. The topological polar surface area (TPSA) is 98.3 Å². The second kappa shape index (κ2) is 12.4. The van der Waals surface area contributed by atoms with Crippen LogP contribution in [0.5, 0.6) is 11.5 Å². The summed E-state index contributed by atoms with van der Waals surface area (Å²) in [6, 6.07) is 9.74. The summed E-state index contributed by atoms with van der Waals surface area (Å²) in [5.41, 5.74) is 0.598. The van der Waals surface area contributed by atoms with Crippen LogP contribution >= 0.6 is 22.9 Å². The molecule has 4 rings (SSSR count). The van der Waals surface area contributed by atoms with Crippen molar-refractivity contribution in [3.05, 3.63) is 41.4 Å². The van der Waals surface area contributed by atoms with Crippen LogP contribution < -0.4 is 14.4 Å². The molecule has 0 saturated carbocycles. The molecule has 1 saturated heterocycles. The molecule has 0 N–H and O–H groups in total.